The molecule has 3 aromatic rings. The Kier molecular flexibility index (Phi) is 8.67. The molecule has 0 saturated carbocycles. The number of ether oxygens (including phenoxy) is 1. The van der Waals surface area contributed by atoms with E-state index in [0.29, 0.717) is 10.6 Å². The fourth-order valence-electron chi connectivity index (χ4n) is 4.63. The molecular weight excluding hydrogens is 572 g/mol. The highest BCUT2D eigenvalue weighted by molar-refractivity contribution is 6.30. The van der Waals surface area contributed by atoms with Gasteiger partial charge in [-0.15, -0.1) is 0 Å². The number of hydrogen-bond donors (Lipinski definition) is 1. The molecular formula is C29H24ClF6N3O2. The van der Waals surface area contributed by atoms with Crippen molar-refractivity contribution in [2.75, 3.05) is 7.11 Å². The average Bonchev–Trinajstić information content (AvgIpc) is 2.92. The van der Waals surface area contributed by atoms with Crippen LogP contribution in [-0.2, 0) is 35.0 Å². The Morgan fingerprint density at radius 3 is 2.10 bits per heavy atom. The number of aliphatic imine (C=N–C) groups is 1. The van der Waals surface area contributed by atoms with Crippen molar-refractivity contribution < 1.29 is 35.9 Å². The fourth-order valence-corrected chi connectivity index (χ4v) is 4.83. The number of alkyl halides is 6. The van der Waals surface area contributed by atoms with Crippen molar-refractivity contribution in [2.24, 2.45) is 4.99 Å². The minimum absolute atomic E-state index is 0.0333. The Balaban J connectivity index is 1.88. The summed E-state index contributed by atoms with van der Waals surface area (Å²) in [6, 6.07) is 15.4. The van der Waals surface area contributed by atoms with Crippen LogP contribution in [0.5, 0.6) is 0 Å². The lowest BCUT2D eigenvalue weighted by molar-refractivity contribution is -0.139. The van der Waals surface area contributed by atoms with Gasteiger partial charge >= 0.3 is 18.3 Å². The number of hydrogen-bond acceptors (Lipinski definition) is 3. The summed E-state index contributed by atoms with van der Waals surface area (Å²) in [6.07, 6.45) is -9.31. The Labute approximate surface area is 237 Å². The van der Waals surface area contributed by atoms with E-state index in [4.69, 9.17) is 16.3 Å². The molecule has 3 aromatic carbocycles. The Morgan fingerprint density at radius 2 is 1.51 bits per heavy atom. The lowest BCUT2D eigenvalue weighted by Crippen LogP contribution is -2.49. The summed E-state index contributed by atoms with van der Waals surface area (Å²) in [5.41, 5.74) is -1.25. The number of halogens is 7. The fraction of sp³-hybridized carbons (Fsp3) is 0.241. The molecule has 0 radical (unpaired) electrons. The van der Waals surface area contributed by atoms with Crippen LogP contribution in [0.25, 0.3) is 0 Å². The first-order chi connectivity index (χ1) is 19.3. The molecule has 0 saturated heterocycles. The van der Waals surface area contributed by atoms with Crippen molar-refractivity contribution in [3.8, 4) is 0 Å². The molecule has 12 heteroatoms. The summed E-state index contributed by atoms with van der Waals surface area (Å²) in [6.45, 7) is 0.676. The number of guanidine groups is 1. The molecule has 1 N–H and O–H groups in total. The van der Waals surface area contributed by atoms with Crippen LogP contribution in [0.2, 0.25) is 5.02 Å². The van der Waals surface area contributed by atoms with E-state index >= 15 is 0 Å². The van der Waals surface area contributed by atoms with Crippen LogP contribution in [-0.4, -0.2) is 23.9 Å². The normalized spacial score (nSPS) is 17.0. The summed E-state index contributed by atoms with van der Waals surface area (Å²) in [5, 5.41) is 3.40. The molecule has 0 bridgehead atoms. The van der Waals surface area contributed by atoms with Gasteiger partial charge in [-0.25, -0.2) is 9.79 Å². The van der Waals surface area contributed by atoms with E-state index in [1.54, 1.807) is 24.3 Å². The van der Waals surface area contributed by atoms with E-state index in [0.717, 1.165) is 12.1 Å². The van der Waals surface area contributed by atoms with E-state index in [1.807, 2.05) is 0 Å². The molecule has 216 valence electrons. The van der Waals surface area contributed by atoms with Gasteiger partial charge < -0.3 is 15.0 Å². The maximum absolute atomic E-state index is 13.8. The number of rotatable bonds is 6. The molecule has 0 spiro atoms. The summed E-state index contributed by atoms with van der Waals surface area (Å²) in [4.78, 5) is 18.7. The topological polar surface area (TPSA) is 53.9 Å². The maximum atomic E-state index is 13.8. The molecule has 0 aromatic heterocycles. The van der Waals surface area contributed by atoms with Crippen molar-refractivity contribution >= 4 is 23.5 Å². The zero-order valence-corrected chi connectivity index (χ0v) is 22.5. The van der Waals surface area contributed by atoms with E-state index in [-0.39, 0.29) is 28.4 Å². The SMILES string of the molecule is COC(=O)C1=C(C)N(Cc2ccccc2C(F)(F)F)C(=NCc2ccccc2C(F)(F)F)NC1c1cccc(Cl)c1. The zero-order valence-electron chi connectivity index (χ0n) is 21.8. The standard InChI is InChI=1S/C29H24ClF6N3O2/c1-17-24(26(40)41-2)25(18-10-7-11-21(30)14-18)38-27(37-15-19-8-3-5-12-22(19)28(31,32)33)39(17)16-20-9-4-6-13-23(20)29(34,35)36/h3-14,25H,15-16H2,1-2H3,(H,37,38). The predicted octanol–water partition coefficient (Wildman–Crippen LogP) is 7.53. The van der Waals surface area contributed by atoms with Gasteiger partial charge in [-0.1, -0.05) is 60.1 Å². The molecule has 1 aliphatic heterocycles. The first-order valence-electron chi connectivity index (χ1n) is 12.2. The van der Waals surface area contributed by atoms with Crippen LogP contribution in [0.1, 0.15) is 40.8 Å². The summed E-state index contributed by atoms with van der Waals surface area (Å²) < 4.78 is 87.4. The third-order valence-electron chi connectivity index (χ3n) is 6.57. The van der Waals surface area contributed by atoms with Gasteiger partial charge in [0.2, 0.25) is 0 Å². The van der Waals surface area contributed by atoms with Crippen LogP contribution in [0.15, 0.2) is 89.1 Å². The molecule has 1 atom stereocenters. The first-order valence-corrected chi connectivity index (χ1v) is 12.6. The molecule has 1 unspecified atom stereocenters. The van der Waals surface area contributed by atoms with Crippen LogP contribution in [0.4, 0.5) is 26.3 Å². The van der Waals surface area contributed by atoms with Gasteiger partial charge in [0.15, 0.2) is 5.96 Å². The zero-order chi connectivity index (χ0) is 29.9. The second kappa shape index (κ2) is 11.9. The number of esters is 1. The second-order valence-corrected chi connectivity index (χ2v) is 9.60. The minimum atomic E-state index is -4.67. The summed E-state index contributed by atoms with van der Waals surface area (Å²) in [5.74, 6) is -0.787. The molecule has 5 nitrogen and oxygen atoms in total. The minimum Gasteiger partial charge on any atom is -0.466 e. The molecule has 1 heterocycles. The maximum Gasteiger partial charge on any atom is 0.416 e. The molecule has 0 amide bonds. The van der Waals surface area contributed by atoms with Gasteiger partial charge in [-0.2, -0.15) is 26.3 Å². The lowest BCUT2D eigenvalue weighted by Gasteiger charge is -2.38. The first kappa shape index (κ1) is 30.0. The smallest absolute Gasteiger partial charge is 0.416 e. The number of carbonyl (C=O) groups excluding carboxylic acids is 1. The Morgan fingerprint density at radius 1 is 0.927 bits per heavy atom. The largest absolute Gasteiger partial charge is 0.466 e. The summed E-state index contributed by atoms with van der Waals surface area (Å²) in [7, 11) is 1.17. The highest BCUT2D eigenvalue weighted by atomic mass is 35.5. The van der Waals surface area contributed by atoms with Crippen molar-refractivity contribution in [3.63, 3.8) is 0 Å². The van der Waals surface area contributed by atoms with Gasteiger partial charge in [0.25, 0.3) is 0 Å². The average molecular weight is 596 g/mol. The monoisotopic (exact) mass is 595 g/mol. The van der Waals surface area contributed by atoms with Crippen LogP contribution in [0.3, 0.4) is 0 Å². The Hall–Kier alpha value is -3.99. The van der Waals surface area contributed by atoms with Crippen molar-refractivity contribution in [1.29, 1.82) is 0 Å². The van der Waals surface area contributed by atoms with E-state index in [1.165, 1.54) is 55.3 Å². The van der Waals surface area contributed by atoms with Crippen molar-refractivity contribution in [1.82, 2.24) is 10.2 Å². The highest BCUT2D eigenvalue weighted by Gasteiger charge is 2.38. The lowest BCUT2D eigenvalue weighted by atomic mass is 9.94. The van der Waals surface area contributed by atoms with Crippen LogP contribution >= 0.6 is 11.6 Å². The third kappa shape index (κ3) is 6.67. The number of carbonyl (C=O) groups is 1. The van der Waals surface area contributed by atoms with Crippen molar-refractivity contribution in [2.45, 2.75) is 38.4 Å². The second-order valence-electron chi connectivity index (χ2n) is 9.16. The quantitative estimate of drug-likeness (QED) is 0.236. The van der Waals surface area contributed by atoms with Gasteiger partial charge in [0.1, 0.15) is 0 Å². The molecule has 1 aliphatic rings. The molecule has 4 rings (SSSR count). The van der Waals surface area contributed by atoms with Crippen LogP contribution in [0, 0.1) is 0 Å². The van der Waals surface area contributed by atoms with E-state index in [2.05, 4.69) is 10.3 Å². The molecule has 41 heavy (non-hydrogen) atoms. The number of allylic oxidation sites excluding steroid dienone is 1. The number of nitrogens with one attached hydrogen (secondary N) is 1. The van der Waals surface area contributed by atoms with Gasteiger partial charge in [0.05, 0.1) is 42.9 Å². The van der Waals surface area contributed by atoms with Gasteiger partial charge in [0, 0.05) is 10.7 Å². The van der Waals surface area contributed by atoms with Crippen molar-refractivity contribution in [3.05, 3.63) is 117 Å². The van der Waals surface area contributed by atoms with Gasteiger partial charge in [-0.05, 0) is 47.9 Å². The number of benzene rings is 3. The Bertz CT molecular complexity index is 1500. The third-order valence-corrected chi connectivity index (χ3v) is 6.81. The van der Waals surface area contributed by atoms with E-state index < -0.39 is 48.6 Å². The number of methoxy groups -OCH3 is 1. The van der Waals surface area contributed by atoms with Crippen LogP contribution < -0.4 is 5.32 Å². The molecule has 0 aliphatic carbocycles. The highest BCUT2D eigenvalue weighted by Crippen LogP contribution is 2.37. The summed E-state index contributed by atoms with van der Waals surface area (Å²) >= 11 is 6.18. The van der Waals surface area contributed by atoms with E-state index in [9.17, 15) is 31.1 Å². The number of nitrogens with zero attached hydrogens (tertiary/aromatic N) is 2. The predicted molar refractivity (Wildman–Crippen MR) is 142 cm³/mol. The molecule has 0 fully saturated rings. The van der Waals surface area contributed by atoms with Gasteiger partial charge in [-0.3, -0.25) is 0 Å².